The van der Waals surface area contributed by atoms with Crippen LogP contribution < -0.4 is 15.1 Å². The number of nitrogens with zero attached hydrogens (tertiary/aromatic N) is 2. The van der Waals surface area contributed by atoms with Gasteiger partial charge in [0.05, 0.1) is 17.9 Å². The third kappa shape index (κ3) is 4.66. The Kier molecular flexibility index (Phi) is 6.80. The second-order valence-corrected chi connectivity index (χ2v) is 9.67. The third-order valence-electron chi connectivity index (χ3n) is 5.46. The van der Waals surface area contributed by atoms with Gasteiger partial charge in [-0.25, -0.2) is 4.79 Å². The first-order chi connectivity index (χ1) is 15.5. The molecule has 8 nitrogen and oxygen atoms in total. The number of rotatable bonds is 7. The number of aryl methyl sites for hydroxylation is 1. The van der Waals surface area contributed by atoms with Crippen LogP contribution in [0, 0.1) is 0 Å². The summed E-state index contributed by atoms with van der Waals surface area (Å²) in [5, 5.41) is 18.9. The second kappa shape index (κ2) is 9.74. The Balaban J connectivity index is 1.47. The standard InChI is InChI=1S/C22H23N3O5S2/c1-25-20(22(28)30-24-25)31-11-10-17(26)23-19-18(21(27)29-2)15-9-8-14(12-16(15)32-19)13-6-4-3-5-7-13/h3-7,14H,8-12H2,1-2H3,(H-,23,24,26,27,28). The van der Waals surface area contributed by atoms with Crippen LogP contribution in [0.3, 0.4) is 0 Å². The van der Waals surface area contributed by atoms with Crippen molar-refractivity contribution in [3.63, 3.8) is 0 Å². The number of fused-ring (bicyclic) bond motifs is 1. The SMILES string of the molecule is COC(=O)c1c(NC(=O)CCSc2c([O-])on[n+]2C)sc2c1CCC(c1ccccc1)C2. The van der Waals surface area contributed by atoms with Crippen molar-refractivity contribution in [1.82, 2.24) is 5.27 Å². The maximum atomic E-state index is 12.6. The summed E-state index contributed by atoms with van der Waals surface area (Å²) < 4.78 is 10.9. The Morgan fingerprint density at radius 2 is 2.16 bits per heavy atom. The van der Waals surface area contributed by atoms with Crippen molar-refractivity contribution in [2.24, 2.45) is 7.05 Å². The molecule has 1 atom stereocenters. The third-order valence-corrected chi connectivity index (χ3v) is 7.74. The number of ether oxygens (including phenoxy) is 1. The van der Waals surface area contributed by atoms with Gasteiger partial charge in [-0.15, -0.1) is 11.3 Å². The maximum absolute atomic E-state index is 12.6. The predicted octanol–water partition coefficient (Wildman–Crippen LogP) is 2.81. The highest BCUT2D eigenvalue weighted by atomic mass is 32.2. The van der Waals surface area contributed by atoms with Crippen LogP contribution in [0.1, 0.15) is 45.1 Å². The minimum Gasteiger partial charge on any atom is -0.538 e. The van der Waals surface area contributed by atoms with Crippen LogP contribution >= 0.6 is 23.1 Å². The maximum Gasteiger partial charge on any atom is 0.341 e. The molecule has 2 heterocycles. The van der Waals surface area contributed by atoms with E-state index in [-0.39, 0.29) is 12.3 Å². The molecule has 32 heavy (non-hydrogen) atoms. The number of benzene rings is 1. The first-order valence-corrected chi connectivity index (χ1v) is 12.0. The average molecular weight is 474 g/mol. The Labute approximate surface area is 193 Å². The van der Waals surface area contributed by atoms with E-state index in [2.05, 4.69) is 27.2 Å². The van der Waals surface area contributed by atoms with Crippen molar-refractivity contribution in [3.05, 3.63) is 51.9 Å². The quantitative estimate of drug-likeness (QED) is 0.319. The summed E-state index contributed by atoms with van der Waals surface area (Å²) >= 11 is 2.65. The van der Waals surface area contributed by atoms with Crippen molar-refractivity contribution < 1.29 is 28.6 Å². The number of thioether (sulfide) groups is 1. The van der Waals surface area contributed by atoms with Gasteiger partial charge in [-0.2, -0.15) is 0 Å². The van der Waals surface area contributed by atoms with E-state index in [9.17, 15) is 14.7 Å². The zero-order valence-corrected chi connectivity index (χ0v) is 19.4. The first-order valence-electron chi connectivity index (χ1n) is 10.2. The van der Waals surface area contributed by atoms with E-state index in [0.717, 1.165) is 29.7 Å². The molecule has 1 unspecified atom stereocenters. The van der Waals surface area contributed by atoms with Crippen molar-refractivity contribution in [2.45, 2.75) is 36.6 Å². The van der Waals surface area contributed by atoms with E-state index >= 15 is 0 Å². The Bertz CT molecular complexity index is 1110. The van der Waals surface area contributed by atoms with Gasteiger partial charge in [-0.3, -0.25) is 4.79 Å². The number of carbonyl (C=O) groups excluding carboxylic acids is 2. The highest BCUT2D eigenvalue weighted by Gasteiger charge is 2.30. The average Bonchev–Trinajstić information content (AvgIpc) is 3.32. The number of thiophene rings is 1. The molecule has 1 amide bonds. The molecule has 3 aromatic rings. The molecule has 0 radical (unpaired) electrons. The molecule has 1 aliphatic carbocycles. The summed E-state index contributed by atoms with van der Waals surface area (Å²) in [6, 6.07) is 10.4. The van der Waals surface area contributed by atoms with Crippen LogP contribution in [-0.2, 0) is 29.4 Å². The molecule has 168 valence electrons. The number of esters is 1. The molecule has 0 bridgehead atoms. The van der Waals surface area contributed by atoms with Gasteiger partial charge in [0.2, 0.25) is 5.91 Å². The first kappa shape index (κ1) is 22.3. The molecular formula is C22H23N3O5S2. The largest absolute Gasteiger partial charge is 0.538 e. The van der Waals surface area contributed by atoms with E-state index in [0.29, 0.717) is 27.3 Å². The van der Waals surface area contributed by atoms with E-state index in [1.54, 1.807) is 7.05 Å². The van der Waals surface area contributed by atoms with Crippen molar-refractivity contribution in [2.75, 3.05) is 18.2 Å². The number of aromatic nitrogens is 2. The Morgan fingerprint density at radius 3 is 2.84 bits per heavy atom. The molecule has 0 spiro atoms. The smallest absolute Gasteiger partial charge is 0.341 e. The summed E-state index contributed by atoms with van der Waals surface area (Å²) in [7, 11) is 2.96. The van der Waals surface area contributed by atoms with Crippen LogP contribution in [0.5, 0.6) is 5.95 Å². The van der Waals surface area contributed by atoms with Crippen LogP contribution in [0.25, 0.3) is 0 Å². The minimum atomic E-state index is -0.523. The fraction of sp³-hybridized carbons (Fsp3) is 0.364. The minimum absolute atomic E-state index is 0.172. The van der Waals surface area contributed by atoms with Crippen LogP contribution in [0.2, 0.25) is 0 Å². The van der Waals surface area contributed by atoms with E-state index in [4.69, 9.17) is 4.74 Å². The van der Waals surface area contributed by atoms with Gasteiger partial charge in [-0.1, -0.05) is 46.8 Å². The number of nitrogens with one attached hydrogen (secondary N) is 1. The van der Waals surface area contributed by atoms with E-state index in [1.807, 2.05) is 18.2 Å². The molecular weight excluding hydrogens is 450 g/mol. The number of anilines is 1. The van der Waals surface area contributed by atoms with E-state index in [1.165, 1.54) is 40.5 Å². The molecule has 10 heteroatoms. The van der Waals surface area contributed by atoms with Crippen molar-refractivity contribution in [3.8, 4) is 5.95 Å². The second-order valence-electron chi connectivity index (χ2n) is 7.49. The molecule has 0 aliphatic heterocycles. The summed E-state index contributed by atoms with van der Waals surface area (Å²) in [5.41, 5.74) is 2.73. The van der Waals surface area contributed by atoms with Gasteiger partial charge in [0.25, 0.3) is 5.03 Å². The van der Waals surface area contributed by atoms with Crippen LogP contribution in [0.15, 0.2) is 39.9 Å². The predicted molar refractivity (Wildman–Crippen MR) is 118 cm³/mol. The Morgan fingerprint density at radius 1 is 1.38 bits per heavy atom. The fourth-order valence-electron chi connectivity index (χ4n) is 3.89. The van der Waals surface area contributed by atoms with Crippen molar-refractivity contribution in [1.29, 1.82) is 0 Å². The normalized spacial score (nSPS) is 15.2. The molecule has 4 rings (SSSR count). The zero-order valence-electron chi connectivity index (χ0n) is 17.8. The number of hydrogen-bond donors (Lipinski definition) is 1. The summed E-state index contributed by atoms with van der Waals surface area (Å²) in [5.74, 6) is -0.418. The monoisotopic (exact) mass is 473 g/mol. The van der Waals surface area contributed by atoms with Crippen molar-refractivity contribution >= 4 is 40.0 Å². The van der Waals surface area contributed by atoms with Crippen LogP contribution in [-0.4, -0.2) is 30.0 Å². The summed E-state index contributed by atoms with van der Waals surface area (Å²) in [6.45, 7) is 0. The van der Waals surface area contributed by atoms with Gasteiger partial charge in [0.15, 0.2) is 13.0 Å². The molecule has 0 fully saturated rings. The lowest BCUT2D eigenvalue weighted by atomic mass is 9.83. The number of hydrogen-bond acceptors (Lipinski definition) is 8. The molecule has 2 aromatic heterocycles. The number of carbonyl (C=O) groups is 2. The highest BCUT2D eigenvalue weighted by molar-refractivity contribution is 7.99. The summed E-state index contributed by atoms with van der Waals surface area (Å²) in [6.07, 6.45) is 2.70. The highest BCUT2D eigenvalue weighted by Crippen LogP contribution is 2.42. The molecule has 1 aromatic carbocycles. The van der Waals surface area contributed by atoms with Gasteiger partial charge in [0, 0.05) is 17.1 Å². The summed E-state index contributed by atoms with van der Waals surface area (Å²) in [4.78, 5) is 26.2. The van der Waals surface area contributed by atoms with Gasteiger partial charge in [-0.05, 0) is 36.3 Å². The Hall–Kier alpha value is -2.85. The molecule has 1 N–H and O–H groups in total. The fourth-order valence-corrected chi connectivity index (χ4v) is 6.08. The molecule has 1 aliphatic rings. The number of amides is 1. The van der Waals surface area contributed by atoms with Crippen LogP contribution in [0.4, 0.5) is 5.00 Å². The number of methoxy groups -OCH3 is 1. The zero-order chi connectivity index (χ0) is 22.7. The lowest BCUT2D eigenvalue weighted by Gasteiger charge is -2.22. The van der Waals surface area contributed by atoms with E-state index < -0.39 is 11.9 Å². The molecule has 0 saturated carbocycles. The van der Waals surface area contributed by atoms with Gasteiger partial charge >= 0.3 is 5.97 Å². The lowest BCUT2D eigenvalue weighted by Crippen LogP contribution is -2.32. The topological polar surface area (TPSA) is 108 Å². The lowest BCUT2D eigenvalue weighted by molar-refractivity contribution is -0.772. The van der Waals surface area contributed by atoms with Gasteiger partial charge < -0.3 is 19.7 Å². The molecule has 0 saturated heterocycles. The van der Waals surface area contributed by atoms with Gasteiger partial charge in [0.1, 0.15) is 5.00 Å².